The van der Waals surface area contributed by atoms with Crippen LogP contribution in [0.2, 0.25) is 0 Å². The standard InChI is InChI=1S/C14H12F10O8S/c1-3-30-9(26)11(13(20,21)22,32-8(25)7(2)12(17,18)19)31-6-4-5-10(15,16)14(23,24)33(27,28)29/h3H,1-2,4-6H2,(H,27,28,29)/p-1. The second-order valence-corrected chi connectivity index (χ2v) is 7.10. The smallest absolute Gasteiger partial charge is 0.468 e. The van der Waals surface area contributed by atoms with Crippen molar-refractivity contribution in [1.29, 1.82) is 0 Å². The van der Waals surface area contributed by atoms with Crippen LogP contribution in [0.25, 0.3) is 0 Å². The maximum Gasteiger partial charge on any atom is 0.468 e. The van der Waals surface area contributed by atoms with E-state index in [0.717, 1.165) is 0 Å². The normalized spacial score (nSPS) is 15.4. The molecule has 0 aromatic heterocycles. The number of carbonyl (C=O) groups is 2. The lowest BCUT2D eigenvalue weighted by molar-refractivity contribution is -0.354. The van der Waals surface area contributed by atoms with Gasteiger partial charge in [-0.1, -0.05) is 13.2 Å². The number of ether oxygens (including phenoxy) is 3. The van der Waals surface area contributed by atoms with Gasteiger partial charge in [-0.2, -0.15) is 43.9 Å². The number of halogens is 10. The summed E-state index contributed by atoms with van der Waals surface area (Å²) >= 11 is 0. The highest BCUT2D eigenvalue weighted by atomic mass is 32.2. The van der Waals surface area contributed by atoms with Crippen LogP contribution in [-0.2, 0) is 33.9 Å². The summed E-state index contributed by atoms with van der Waals surface area (Å²) in [5.41, 5.74) is -2.57. The minimum absolute atomic E-state index is 0.0214. The Labute approximate surface area is 177 Å². The Kier molecular flexibility index (Phi) is 9.12. The average molecular weight is 529 g/mol. The Morgan fingerprint density at radius 2 is 1.45 bits per heavy atom. The van der Waals surface area contributed by atoms with Crippen molar-refractivity contribution in [2.75, 3.05) is 6.61 Å². The number of hydrogen-bond acceptors (Lipinski definition) is 8. The molecule has 1 unspecified atom stereocenters. The maximum atomic E-state index is 13.4. The van der Waals surface area contributed by atoms with E-state index in [-0.39, 0.29) is 6.26 Å². The summed E-state index contributed by atoms with van der Waals surface area (Å²) in [5, 5.41) is -6.21. The molecule has 0 amide bonds. The maximum absolute atomic E-state index is 13.4. The van der Waals surface area contributed by atoms with E-state index in [9.17, 15) is 66.5 Å². The molecule has 0 radical (unpaired) electrons. The monoisotopic (exact) mass is 529 g/mol. The molecule has 0 saturated heterocycles. The Hall–Kier alpha value is -2.41. The van der Waals surface area contributed by atoms with Gasteiger partial charge >= 0.3 is 41.3 Å². The number of esters is 2. The molecule has 33 heavy (non-hydrogen) atoms. The van der Waals surface area contributed by atoms with E-state index in [1.807, 2.05) is 0 Å². The number of carbonyl (C=O) groups excluding carboxylic acids is 2. The number of alkyl halides is 10. The lowest BCUT2D eigenvalue weighted by atomic mass is 10.2. The van der Waals surface area contributed by atoms with Crippen LogP contribution in [0.4, 0.5) is 43.9 Å². The van der Waals surface area contributed by atoms with Crippen LogP contribution < -0.4 is 0 Å². The first-order valence-electron chi connectivity index (χ1n) is 7.71. The van der Waals surface area contributed by atoms with Crippen molar-refractivity contribution in [3.05, 3.63) is 25.0 Å². The van der Waals surface area contributed by atoms with Crippen molar-refractivity contribution >= 4 is 22.1 Å². The molecule has 0 N–H and O–H groups in total. The topological polar surface area (TPSA) is 119 Å². The van der Waals surface area contributed by atoms with Crippen LogP contribution >= 0.6 is 0 Å². The predicted molar refractivity (Wildman–Crippen MR) is 81.1 cm³/mol. The Balaban J connectivity index is 5.92. The highest BCUT2D eigenvalue weighted by Gasteiger charge is 2.68. The van der Waals surface area contributed by atoms with Gasteiger partial charge in [0.05, 0.1) is 12.9 Å². The van der Waals surface area contributed by atoms with Gasteiger partial charge < -0.3 is 18.8 Å². The van der Waals surface area contributed by atoms with Gasteiger partial charge in [-0.3, -0.25) is 0 Å². The third-order valence-corrected chi connectivity index (χ3v) is 4.26. The van der Waals surface area contributed by atoms with E-state index < -0.39 is 76.4 Å². The van der Waals surface area contributed by atoms with Crippen LogP contribution in [0.3, 0.4) is 0 Å². The van der Waals surface area contributed by atoms with Gasteiger partial charge in [-0.25, -0.2) is 18.0 Å². The van der Waals surface area contributed by atoms with E-state index in [0.29, 0.717) is 0 Å². The van der Waals surface area contributed by atoms with Gasteiger partial charge in [0, 0.05) is 6.42 Å². The fraction of sp³-hybridized carbons (Fsp3) is 0.571. The molecule has 0 spiro atoms. The van der Waals surface area contributed by atoms with Crippen LogP contribution in [0.5, 0.6) is 0 Å². The van der Waals surface area contributed by atoms with Crippen molar-refractivity contribution in [2.24, 2.45) is 0 Å². The molecule has 1 atom stereocenters. The molecule has 0 aliphatic rings. The van der Waals surface area contributed by atoms with Crippen molar-refractivity contribution in [2.45, 2.75) is 42.2 Å². The molecule has 0 aliphatic carbocycles. The molecular weight excluding hydrogens is 518 g/mol. The molecule has 19 heteroatoms. The molecule has 0 aliphatic heterocycles. The molecule has 0 saturated carbocycles. The van der Waals surface area contributed by atoms with E-state index in [1.54, 1.807) is 0 Å². The first kappa shape index (κ1) is 30.6. The summed E-state index contributed by atoms with van der Waals surface area (Å²) in [5.74, 6) is -16.4. The minimum atomic E-state index is -6.93. The molecular formula is C14H11F10O8S-. The molecule has 0 aromatic carbocycles. The molecule has 0 heterocycles. The summed E-state index contributed by atoms with van der Waals surface area (Å²) < 4.78 is 172. The highest BCUT2D eigenvalue weighted by Crippen LogP contribution is 2.42. The largest absolute Gasteiger partial charge is 0.743 e. The van der Waals surface area contributed by atoms with E-state index >= 15 is 0 Å². The number of hydrogen-bond donors (Lipinski definition) is 0. The van der Waals surface area contributed by atoms with Crippen LogP contribution in [0.15, 0.2) is 25.0 Å². The summed E-state index contributed by atoms with van der Waals surface area (Å²) in [6.07, 6.45) is -15.9. The predicted octanol–water partition coefficient (Wildman–Crippen LogP) is 3.16. The lowest BCUT2D eigenvalue weighted by Crippen LogP contribution is -2.58. The van der Waals surface area contributed by atoms with Gasteiger partial charge in [0.25, 0.3) is 0 Å². The van der Waals surface area contributed by atoms with E-state index in [1.165, 1.54) is 0 Å². The van der Waals surface area contributed by atoms with Crippen molar-refractivity contribution in [3.63, 3.8) is 0 Å². The minimum Gasteiger partial charge on any atom is -0.743 e. The van der Waals surface area contributed by atoms with Gasteiger partial charge in [0.15, 0.2) is 10.1 Å². The zero-order valence-corrected chi connectivity index (χ0v) is 16.4. The second kappa shape index (κ2) is 9.84. The lowest BCUT2D eigenvalue weighted by Gasteiger charge is -2.32. The fourth-order valence-corrected chi connectivity index (χ4v) is 2.15. The molecule has 0 aromatic rings. The highest BCUT2D eigenvalue weighted by molar-refractivity contribution is 7.86. The van der Waals surface area contributed by atoms with Gasteiger partial charge in [-0.05, 0) is 6.42 Å². The third-order valence-electron chi connectivity index (χ3n) is 3.34. The Bertz CT molecular complexity index is 877. The molecule has 0 rings (SSSR count). The number of rotatable bonds is 11. The Morgan fingerprint density at radius 1 is 0.970 bits per heavy atom. The molecule has 8 nitrogen and oxygen atoms in total. The van der Waals surface area contributed by atoms with Gasteiger partial charge in [0.1, 0.15) is 5.57 Å². The molecule has 192 valence electrons. The first-order chi connectivity index (χ1) is 14.5. The summed E-state index contributed by atoms with van der Waals surface area (Å²) in [7, 11) is -6.93. The van der Waals surface area contributed by atoms with E-state index in [2.05, 4.69) is 27.4 Å². The van der Waals surface area contributed by atoms with Crippen LogP contribution in [-0.4, -0.2) is 60.8 Å². The summed E-state index contributed by atoms with van der Waals surface area (Å²) in [6.45, 7) is 2.88. The summed E-state index contributed by atoms with van der Waals surface area (Å²) in [6, 6.07) is 0. The van der Waals surface area contributed by atoms with Gasteiger partial charge in [-0.15, -0.1) is 0 Å². The quantitative estimate of drug-likeness (QED) is 0.0762. The zero-order valence-electron chi connectivity index (χ0n) is 15.6. The van der Waals surface area contributed by atoms with Crippen molar-refractivity contribution < 1.29 is 80.7 Å². The van der Waals surface area contributed by atoms with Crippen molar-refractivity contribution in [3.8, 4) is 0 Å². The first-order valence-corrected chi connectivity index (χ1v) is 9.12. The average Bonchev–Trinajstić information content (AvgIpc) is 2.60. The third kappa shape index (κ3) is 6.79. The second-order valence-electron chi connectivity index (χ2n) is 5.68. The molecule has 0 fully saturated rings. The SMILES string of the molecule is C=COC(=O)C(OCCCC(F)(F)C(F)(F)S(=O)(=O)[O-])(OC(=O)C(=C)C(F)(F)F)C(F)(F)F. The van der Waals surface area contributed by atoms with Crippen LogP contribution in [0, 0.1) is 0 Å². The van der Waals surface area contributed by atoms with E-state index in [4.69, 9.17) is 0 Å². The zero-order chi connectivity index (χ0) is 26.7. The molecule has 0 bridgehead atoms. The van der Waals surface area contributed by atoms with Crippen LogP contribution in [0.1, 0.15) is 12.8 Å². The fourth-order valence-electron chi connectivity index (χ4n) is 1.69. The summed E-state index contributed by atoms with van der Waals surface area (Å²) in [4.78, 5) is 23.1. The Morgan fingerprint density at radius 3 is 1.82 bits per heavy atom. The van der Waals surface area contributed by atoms with Crippen molar-refractivity contribution in [1.82, 2.24) is 0 Å². The van der Waals surface area contributed by atoms with Gasteiger partial charge in [0.2, 0.25) is 0 Å².